The number of hydrogen-bond acceptors (Lipinski definition) is 2. The summed E-state index contributed by atoms with van der Waals surface area (Å²) in [4.78, 5) is 11.7. The van der Waals surface area contributed by atoms with Gasteiger partial charge in [0, 0.05) is 12.1 Å². The molecule has 0 aromatic rings. The molecule has 206 valence electrons. The molecule has 9 atom stereocenters. The molecule has 0 bridgehead atoms. The van der Waals surface area contributed by atoms with Crippen LogP contribution in [0.4, 0.5) is 0 Å². The summed E-state index contributed by atoms with van der Waals surface area (Å²) >= 11 is 0. The van der Waals surface area contributed by atoms with Crippen molar-refractivity contribution in [2.24, 2.45) is 52.3 Å². The Morgan fingerprint density at radius 1 is 0.972 bits per heavy atom. The molecule has 4 rings (SSSR count). The van der Waals surface area contributed by atoms with Crippen LogP contribution in [0.5, 0.6) is 0 Å². The highest BCUT2D eigenvalue weighted by atomic mass is 16.5. The van der Waals surface area contributed by atoms with Crippen molar-refractivity contribution in [2.75, 3.05) is 13.2 Å². The van der Waals surface area contributed by atoms with Crippen LogP contribution in [0.25, 0.3) is 0 Å². The van der Waals surface area contributed by atoms with Gasteiger partial charge in [0.2, 0.25) is 5.91 Å². The number of rotatable bonds is 10. The summed E-state index contributed by atoms with van der Waals surface area (Å²) in [5, 5.41) is 2.91. The topological polar surface area (TPSA) is 38.3 Å². The highest BCUT2D eigenvalue weighted by molar-refractivity contribution is 5.92. The quantitative estimate of drug-likeness (QED) is 0.243. The predicted octanol–water partition coefficient (Wildman–Crippen LogP) is 8.19. The van der Waals surface area contributed by atoms with Gasteiger partial charge in [0.05, 0.1) is 12.7 Å². The summed E-state index contributed by atoms with van der Waals surface area (Å²) in [6.07, 6.45) is 17.2. The molecule has 4 aliphatic carbocycles. The van der Waals surface area contributed by atoms with Crippen molar-refractivity contribution in [2.45, 2.75) is 125 Å². The summed E-state index contributed by atoms with van der Waals surface area (Å²) in [6.45, 7) is 19.4. The average Bonchev–Trinajstić information content (AvgIpc) is 3.18. The predicted molar refractivity (Wildman–Crippen MR) is 151 cm³/mol. The lowest BCUT2D eigenvalue weighted by atomic mass is 9.44. The Balaban J connectivity index is 1.32. The van der Waals surface area contributed by atoms with Gasteiger partial charge in [0.25, 0.3) is 0 Å². The van der Waals surface area contributed by atoms with Crippen LogP contribution >= 0.6 is 0 Å². The zero-order valence-electron chi connectivity index (χ0n) is 24.5. The van der Waals surface area contributed by atoms with Gasteiger partial charge in [0.15, 0.2) is 0 Å². The van der Waals surface area contributed by atoms with E-state index in [-0.39, 0.29) is 5.91 Å². The SMILES string of the molecule is C=C(C)C(=O)NCCO[C@H]1CC[C@@]2(C)[C@@H](CC[C@@H]3[C@@H]2CC[C@]2(C)[C@@H]([C@H](C)CCCC(C)C)CC[C@@H]32)C1. The molecule has 1 N–H and O–H groups in total. The fourth-order valence-electron chi connectivity index (χ4n) is 9.94. The lowest BCUT2D eigenvalue weighted by Gasteiger charge is -2.61. The van der Waals surface area contributed by atoms with E-state index in [0.29, 0.717) is 35.7 Å². The van der Waals surface area contributed by atoms with Crippen LogP contribution in [0.15, 0.2) is 12.2 Å². The lowest BCUT2D eigenvalue weighted by Crippen LogP contribution is -2.54. The second kappa shape index (κ2) is 11.5. The first kappa shape index (κ1) is 28.2. The Bertz CT molecular complexity index is 776. The van der Waals surface area contributed by atoms with Gasteiger partial charge in [-0.25, -0.2) is 0 Å². The van der Waals surface area contributed by atoms with Gasteiger partial charge in [-0.3, -0.25) is 4.79 Å². The minimum absolute atomic E-state index is 0.0588. The maximum absolute atomic E-state index is 11.7. The molecule has 0 radical (unpaired) electrons. The molecule has 4 fully saturated rings. The van der Waals surface area contributed by atoms with Crippen LogP contribution in [0.3, 0.4) is 0 Å². The molecule has 0 unspecified atom stereocenters. The average molecular weight is 500 g/mol. The Morgan fingerprint density at radius 3 is 2.42 bits per heavy atom. The van der Waals surface area contributed by atoms with Crippen LogP contribution in [-0.4, -0.2) is 25.2 Å². The molecule has 0 spiro atoms. The Hall–Kier alpha value is -0.830. The van der Waals surface area contributed by atoms with E-state index in [9.17, 15) is 4.79 Å². The summed E-state index contributed by atoms with van der Waals surface area (Å²) in [6, 6.07) is 0. The van der Waals surface area contributed by atoms with Gasteiger partial charge in [-0.05, 0) is 117 Å². The van der Waals surface area contributed by atoms with Gasteiger partial charge in [-0.15, -0.1) is 0 Å². The zero-order valence-corrected chi connectivity index (χ0v) is 24.5. The minimum Gasteiger partial charge on any atom is -0.376 e. The molecule has 3 heteroatoms. The molecule has 1 amide bonds. The third kappa shape index (κ3) is 5.62. The zero-order chi connectivity index (χ0) is 26.1. The molecule has 3 nitrogen and oxygen atoms in total. The molecule has 36 heavy (non-hydrogen) atoms. The van der Waals surface area contributed by atoms with E-state index in [0.717, 1.165) is 41.4 Å². The first-order valence-corrected chi connectivity index (χ1v) is 15.6. The molecular formula is C33H57NO2. The second-order valence-electron chi connectivity index (χ2n) is 14.5. The normalized spacial score (nSPS) is 40.8. The van der Waals surface area contributed by atoms with E-state index < -0.39 is 0 Å². The summed E-state index contributed by atoms with van der Waals surface area (Å²) in [5.74, 6) is 6.32. The molecule has 0 aromatic heterocycles. The second-order valence-corrected chi connectivity index (χ2v) is 14.5. The smallest absolute Gasteiger partial charge is 0.246 e. The van der Waals surface area contributed by atoms with E-state index in [1.807, 2.05) is 0 Å². The van der Waals surface area contributed by atoms with Crippen molar-refractivity contribution in [3.8, 4) is 0 Å². The minimum atomic E-state index is -0.0588. The number of carbonyl (C=O) groups is 1. The summed E-state index contributed by atoms with van der Waals surface area (Å²) in [5.41, 5.74) is 1.67. The van der Waals surface area contributed by atoms with Gasteiger partial charge in [0.1, 0.15) is 0 Å². The van der Waals surface area contributed by atoms with Crippen LogP contribution in [-0.2, 0) is 9.53 Å². The maximum Gasteiger partial charge on any atom is 0.246 e. The van der Waals surface area contributed by atoms with E-state index in [1.165, 1.54) is 77.0 Å². The molecular weight excluding hydrogens is 442 g/mol. The highest BCUT2D eigenvalue weighted by Crippen LogP contribution is 2.68. The Morgan fingerprint density at radius 2 is 1.69 bits per heavy atom. The lowest BCUT2D eigenvalue weighted by molar-refractivity contribution is -0.136. The van der Waals surface area contributed by atoms with E-state index in [1.54, 1.807) is 6.92 Å². The molecule has 0 aliphatic heterocycles. The largest absolute Gasteiger partial charge is 0.376 e. The number of nitrogens with one attached hydrogen (secondary N) is 1. The molecule has 0 aromatic carbocycles. The third-order valence-corrected chi connectivity index (χ3v) is 11.9. The van der Waals surface area contributed by atoms with Crippen LogP contribution in [0.1, 0.15) is 119 Å². The fraction of sp³-hybridized carbons (Fsp3) is 0.909. The highest BCUT2D eigenvalue weighted by Gasteiger charge is 2.60. The standard InChI is InChI=1S/C33H57NO2/c1-22(2)9-8-10-24(5)28-13-14-29-27-12-11-25-21-26(36-20-19-34-31(35)23(3)4)15-17-32(25,6)30(27)16-18-33(28,29)7/h22,24-30H,3,8-21H2,1-2,4-7H3,(H,34,35)/t24-,25+,26+,27+,28-,29+,30+,32+,33-/m1/s1. The van der Waals surface area contributed by atoms with Gasteiger partial charge < -0.3 is 10.1 Å². The molecule has 4 saturated carbocycles. The number of fused-ring (bicyclic) bond motifs is 5. The van der Waals surface area contributed by atoms with Crippen molar-refractivity contribution in [1.82, 2.24) is 5.32 Å². The van der Waals surface area contributed by atoms with Gasteiger partial charge in [-0.2, -0.15) is 0 Å². The first-order chi connectivity index (χ1) is 17.1. The number of carbonyl (C=O) groups excluding carboxylic acids is 1. The van der Waals surface area contributed by atoms with Crippen molar-refractivity contribution >= 4 is 5.91 Å². The Labute approximate surface area is 223 Å². The van der Waals surface area contributed by atoms with Crippen molar-refractivity contribution in [3.05, 3.63) is 12.2 Å². The number of hydrogen-bond donors (Lipinski definition) is 1. The summed E-state index contributed by atoms with van der Waals surface area (Å²) < 4.78 is 6.27. The van der Waals surface area contributed by atoms with Crippen molar-refractivity contribution in [1.29, 1.82) is 0 Å². The van der Waals surface area contributed by atoms with Crippen molar-refractivity contribution in [3.63, 3.8) is 0 Å². The monoisotopic (exact) mass is 499 g/mol. The molecule has 4 aliphatic rings. The van der Waals surface area contributed by atoms with Crippen LogP contribution in [0.2, 0.25) is 0 Å². The fourth-order valence-corrected chi connectivity index (χ4v) is 9.94. The Kier molecular flexibility index (Phi) is 9.01. The maximum atomic E-state index is 11.7. The van der Waals surface area contributed by atoms with Gasteiger partial charge in [-0.1, -0.05) is 60.5 Å². The van der Waals surface area contributed by atoms with Crippen LogP contribution < -0.4 is 5.32 Å². The molecule has 0 saturated heterocycles. The van der Waals surface area contributed by atoms with E-state index in [2.05, 4.69) is 46.5 Å². The van der Waals surface area contributed by atoms with E-state index >= 15 is 0 Å². The number of ether oxygens (including phenoxy) is 1. The van der Waals surface area contributed by atoms with E-state index in [4.69, 9.17) is 4.74 Å². The van der Waals surface area contributed by atoms with Crippen LogP contribution in [0, 0.1) is 52.3 Å². The first-order valence-electron chi connectivity index (χ1n) is 15.6. The molecule has 0 heterocycles. The summed E-state index contributed by atoms with van der Waals surface area (Å²) in [7, 11) is 0. The van der Waals surface area contributed by atoms with Gasteiger partial charge >= 0.3 is 0 Å². The van der Waals surface area contributed by atoms with Crippen molar-refractivity contribution < 1.29 is 9.53 Å². The number of amides is 1. The third-order valence-electron chi connectivity index (χ3n) is 11.9.